The van der Waals surface area contributed by atoms with E-state index in [0.29, 0.717) is 22.7 Å². The Morgan fingerprint density at radius 2 is 2.04 bits per heavy atom. The zero-order valence-corrected chi connectivity index (χ0v) is 15.0. The molecule has 0 unspecified atom stereocenters. The number of fused-ring (bicyclic) bond motifs is 1. The molecule has 0 radical (unpaired) electrons. The molecule has 2 N–H and O–H groups in total. The van der Waals surface area contributed by atoms with E-state index >= 15 is 0 Å². The highest BCUT2D eigenvalue weighted by atomic mass is 35.5. The number of amides is 2. The molecule has 6 heteroatoms. The number of thiophene rings is 1. The maximum Gasteiger partial charge on any atom is 0.279 e. The van der Waals surface area contributed by atoms with Crippen LogP contribution in [0.4, 0.5) is 0 Å². The number of hydrazine groups is 1. The second-order valence-corrected chi connectivity index (χ2v) is 7.54. The first-order chi connectivity index (χ1) is 11.5. The minimum Gasteiger partial charge on any atom is -0.273 e. The highest BCUT2D eigenvalue weighted by Gasteiger charge is 2.18. The summed E-state index contributed by atoms with van der Waals surface area (Å²) in [5, 5.41) is 0.701. The maximum absolute atomic E-state index is 12.1. The smallest absolute Gasteiger partial charge is 0.273 e. The van der Waals surface area contributed by atoms with Gasteiger partial charge in [-0.2, -0.15) is 0 Å². The zero-order valence-electron chi connectivity index (χ0n) is 13.4. The zero-order chi connectivity index (χ0) is 17.1. The molecule has 3 rings (SSSR count). The van der Waals surface area contributed by atoms with Crippen molar-refractivity contribution >= 4 is 34.8 Å². The van der Waals surface area contributed by atoms with Crippen LogP contribution in [-0.2, 0) is 24.1 Å². The first-order valence-electron chi connectivity index (χ1n) is 7.99. The molecule has 0 saturated heterocycles. The number of carbonyl (C=O) groups is 2. The molecule has 0 saturated carbocycles. The molecular weight excluding hydrogens is 344 g/mol. The fourth-order valence-electron chi connectivity index (χ4n) is 2.74. The fourth-order valence-corrected chi connectivity index (χ4v) is 4.09. The monoisotopic (exact) mass is 362 g/mol. The Balaban J connectivity index is 1.46. The van der Waals surface area contributed by atoms with Crippen LogP contribution < -0.4 is 10.9 Å². The molecule has 0 aliphatic heterocycles. The molecule has 1 aromatic heterocycles. The predicted octanol–water partition coefficient (Wildman–Crippen LogP) is 3.59. The number of nitrogens with one attached hydrogen (secondary N) is 2. The minimum absolute atomic E-state index is 0.218. The second kappa shape index (κ2) is 7.36. The molecule has 0 fully saturated rings. The molecule has 2 amide bonds. The Kier molecular flexibility index (Phi) is 5.21. The number of benzene rings is 1. The number of halogens is 1. The Labute approximate surface area is 150 Å². The van der Waals surface area contributed by atoms with Gasteiger partial charge in [-0.05, 0) is 61.4 Å². The lowest BCUT2D eigenvalue weighted by atomic mass is 10.1. The van der Waals surface area contributed by atoms with Gasteiger partial charge in [0.1, 0.15) is 0 Å². The molecule has 126 valence electrons. The Morgan fingerprint density at radius 1 is 1.21 bits per heavy atom. The van der Waals surface area contributed by atoms with Gasteiger partial charge in [0.05, 0.1) is 4.88 Å². The third-order valence-corrected chi connectivity index (χ3v) is 5.81. The SMILES string of the molecule is Cc1ccc(CCC(=O)NNC(=O)c2cc3c(s2)CCC3)cc1Cl. The van der Waals surface area contributed by atoms with E-state index in [4.69, 9.17) is 11.6 Å². The molecule has 1 aliphatic rings. The highest BCUT2D eigenvalue weighted by molar-refractivity contribution is 7.14. The molecule has 0 spiro atoms. The molecule has 1 aromatic carbocycles. The number of carbonyl (C=O) groups excluding carboxylic acids is 2. The number of rotatable bonds is 4. The highest BCUT2D eigenvalue weighted by Crippen LogP contribution is 2.30. The van der Waals surface area contributed by atoms with E-state index in [9.17, 15) is 9.59 Å². The van der Waals surface area contributed by atoms with Gasteiger partial charge in [-0.3, -0.25) is 20.4 Å². The van der Waals surface area contributed by atoms with Crippen molar-refractivity contribution in [3.63, 3.8) is 0 Å². The predicted molar refractivity (Wildman–Crippen MR) is 96.5 cm³/mol. The van der Waals surface area contributed by atoms with Crippen molar-refractivity contribution in [3.8, 4) is 0 Å². The van der Waals surface area contributed by atoms with Gasteiger partial charge >= 0.3 is 0 Å². The number of hydrogen-bond acceptors (Lipinski definition) is 3. The normalized spacial score (nSPS) is 12.8. The summed E-state index contributed by atoms with van der Waals surface area (Å²) in [4.78, 5) is 25.9. The molecule has 24 heavy (non-hydrogen) atoms. The van der Waals surface area contributed by atoms with E-state index in [-0.39, 0.29) is 11.8 Å². The summed E-state index contributed by atoms with van der Waals surface area (Å²) in [6.45, 7) is 1.94. The van der Waals surface area contributed by atoms with Crippen LogP contribution in [0.25, 0.3) is 0 Å². The van der Waals surface area contributed by atoms with Crippen molar-refractivity contribution in [2.75, 3.05) is 0 Å². The largest absolute Gasteiger partial charge is 0.279 e. The Bertz CT molecular complexity index is 764. The molecule has 4 nitrogen and oxygen atoms in total. The standard InChI is InChI=1S/C18H19ClN2O2S/c1-11-5-6-12(9-14(11)19)7-8-17(22)20-21-18(23)16-10-13-3-2-4-15(13)24-16/h5-6,9-10H,2-4,7-8H2,1H3,(H,20,22)(H,21,23). The van der Waals surface area contributed by atoms with Crippen LogP contribution in [0.1, 0.15) is 44.1 Å². The topological polar surface area (TPSA) is 58.2 Å². The van der Waals surface area contributed by atoms with Crippen LogP contribution in [-0.4, -0.2) is 11.8 Å². The van der Waals surface area contributed by atoms with Gasteiger partial charge < -0.3 is 0 Å². The van der Waals surface area contributed by atoms with E-state index < -0.39 is 0 Å². The van der Waals surface area contributed by atoms with Crippen molar-refractivity contribution in [2.45, 2.75) is 39.0 Å². The van der Waals surface area contributed by atoms with E-state index in [1.165, 1.54) is 28.2 Å². The van der Waals surface area contributed by atoms with Crippen LogP contribution in [0, 0.1) is 6.92 Å². The maximum atomic E-state index is 12.1. The van der Waals surface area contributed by atoms with Gasteiger partial charge in [0.15, 0.2) is 0 Å². The molecular formula is C18H19ClN2O2S. The summed E-state index contributed by atoms with van der Waals surface area (Å²) >= 11 is 7.59. The second-order valence-electron chi connectivity index (χ2n) is 6.00. The van der Waals surface area contributed by atoms with Gasteiger partial charge in [0.2, 0.25) is 5.91 Å². The lowest BCUT2D eigenvalue weighted by Gasteiger charge is -2.07. The van der Waals surface area contributed by atoms with Gasteiger partial charge in [0.25, 0.3) is 5.91 Å². The quantitative estimate of drug-likeness (QED) is 0.816. The van der Waals surface area contributed by atoms with E-state index in [1.807, 2.05) is 31.2 Å². The summed E-state index contributed by atoms with van der Waals surface area (Å²) in [5.41, 5.74) is 8.25. The van der Waals surface area contributed by atoms with Crippen LogP contribution in [0.2, 0.25) is 5.02 Å². The molecule has 0 bridgehead atoms. The van der Waals surface area contributed by atoms with Crippen LogP contribution in [0.3, 0.4) is 0 Å². The van der Waals surface area contributed by atoms with Gasteiger partial charge in [-0.15, -0.1) is 11.3 Å². The summed E-state index contributed by atoms with van der Waals surface area (Å²) in [6, 6.07) is 7.70. The summed E-state index contributed by atoms with van der Waals surface area (Å²) in [6.07, 6.45) is 4.14. The van der Waals surface area contributed by atoms with E-state index in [2.05, 4.69) is 10.9 Å². The van der Waals surface area contributed by atoms with Crippen molar-refractivity contribution < 1.29 is 9.59 Å². The molecule has 0 atom stereocenters. The van der Waals surface area contributed by atoms with Crippen LogP contribution in [0.5, 0.6) is 0 Å². The first kappa shape index (κ1) is 17.0. The summed E-state index contributed by atoms with van der Waals surface area (Å²) in [5.74, 6) is -0.467. The lowest BCUT2D eigenvalue weighted by Crippen LogP contribution is -2.41. The number of hydrogen-bond donors (Lipinski definition) is 2. The average Bonchev–Trinajstić information content (AvgIpc) is 3.15. The lowest BCUT2D eigenvalue weighted by molar-refractivity contribution is -0.121. The van der Waals surface area contributed by atoms with Gasteiger partial charge in [-0.25, -0.2) is 0 Å². The minimum atomic E-state index is -0.249. The number of aryl methyl sites for hydroxylation is 4. The molecule has 2 aromatic rings. The summed E-state index contributed by atoms with van der Waals surface area (Å²) in [7, 11) is 0. The summed E-state index contributed by atoms with van der Waals surface area (Å²) < 4.78 is 0. The first-order valence-corrected chi connectivity index (χ1v) is 9.18. The third kappa shape index (κ3) is 3.97. The fraction of sp³-hybridized carbons (Fsp3) is 0.333. The van der Waals surface area contributed by atoms with Crippen molar-refractivity contribution in [1.82, 2.24) is 10.9 Å². The van der Waals surface area contributed by atoms with Crippen molar-refractivity contribution in [3.05, 3.63) is 55.7 Å². The Morgan fingerprint density at radius 3 is 2.79 bits per heavy atom. The van der Waals surface area contributed by atoms with Crippen LogP contribution in [0.15, 0.2) is 24.3 Å². The van der Waals surface area contributed by atoms with E-state index in [1.54, 1.807) is 0 Å². The molecule has 1 heterocycles. The van der Waals surface area contributed by atoms with Crippen molar-refractivity contribution in [1.29, 1.82) is 0 Å². The van der Waals surface area contributed by atoms with Gasteiger partial charge in [-0.1, -0.05) is 23.7 Å². The van der Waals surface area contributed by atoms with Crippen molar-refractivity contribution in [2.24, 2.45) is 0 Å². The molecule has 1 aliphatic carbocycles. The van der Waals surface area contributed by atoms with E-state index in [0.717, 1.165) is 24.0 Å². The Hall–Kier alpha value is -1.85. The third-order valence-electron chi connectivity index (χ3n) is 4.16. The van der Waals surface area contributed by atoms with Gasteiger partial charge in [0, 0.05) is 16.3 Å². The van der Waals surface area contributed by atoms with Crippen LogP contribution >= 0.6 is 22.9 Å². The average molecular weight is 363 g/mol.